The lowest BCUT2D eigenvalue weighted by molar-refractivity contribution is -0.121. The number of aryl methyl sites for hydroxylation is 1. The third kappa shape index (κ3) is 3.58. The van der Waals surface area contributed by atoms with Crippen molar-refractivity contribution in [2.75, 3.05) is 0 Å². The summed E-state index contributed by atoms with van der Waals surface area (Å²) < 4.78 is 5.37. The Morgan fingerprint density at radius 3 is 2.92 bits per heavy atom. The zero-order valence-corrected chi connectivity index (χ0v) is 14.3. The third-order valence-electron chi connectivity index (χ3n) is 5.26. The minimum Gasteiger partial charge on any atom is -0.353 e. The highest BCUT2D eigenvalue weighted by atomic mass is 16.5. The van der Waals surface area contributed by atoms with Crippen LogP contribution < -0.4 is 11.1 Å². The third-order valence-corrected chi connectivity index (χ3v) is 5.26. The molecule has 1 atom stereocenters. The van der Waals surface area contributed by atoms with E-state index in [-0.39, 0.29) is 18.4 Å². The lowest BCUT2D eigenvalue weighted by Crippen LogP contribution is -2.33. The molecule has 6 nitrogen and oxygen atoms in total. The Labute approximate surface area is 147 Å². The number of nitrogens with two attached hydrogens (primary N) is 1. The molecule has 1 saturated carbocycles. The summed E-state index contributed by atoms with van der Waals surface area (Å²) in [7, 11) is 0. The van der Waals surface area contributed by atoms with Crippen molar-refractivity contribution in [2.45, 2.75) is 63.5 Å². The highest BCUT2D eigenvalue weighted by Gasteiger charge is 2.20. The highest BCUT2D eigenvalue weighted by molar-refractivity contribution is 5.78. The molecule has 0 radical (unpaired) electrons. The maximum Gasteiger partial charge on any atom is 0.257 e. The first-order valence-corrected chi connectivity index (χ1v) is 9.20. The molecule has 1 aromatic carbocycles. The Morgan fingerprint density at radius 1 is 1.24 bits per heavy atom. The van der Waals surface area contributed by atoms with Crippen molar-refractivity contribution in [2.24, 2.45) is 5.73 Å². The van der Waals surface area contributed by atoms with Gasteiger partial charge in [-0.05, 0) is 55.4 Å². The number of hydrogen-bond acceptors (Lipinski definition) is 5. The summed E-state index contributed by atoms with van der Waals surface area (Å²) in [6.07, 6.45) is 7.86. The van der Waals surface area contributed by atoms with Crippen LogP contribution in [0.1, 0.15) is 61.5 Å². The molecule has 0 aliphatic heterocycles. The predicted molar refractivity (Wildman–Crippen MR) is 93.7 cm³/mol. The normalized spacial score (nSPS) is 20.4. The zero-order valence-electron chi connectivity index (χ0n) is 14.3. The molecule has 0 spiro atoms. The predicted octanol–water partition coefficient (Wildman–Crippen LogP) is 2.67. The van der Waals surface area contributed by atoms with Crippen LogP contribution in [-0.4, -0.2) is 22.1 Å². The second kappa shape index (κ2) is 6.96. The summed E-state index contributed by atoms with van der Waals surface area (Å²) in [5, 5.41) is 7.01. The molecular formula is C19H24N4O2. The first-order valence-electron chi connectivity index (χ1n) is 9.20. The number of carbonyl (C=O) groups excluding carboxylic acids is 1. The lowest BCUT2D eigenvalue weighted by atomic mass is 9.87. The average molecular weight is 340 g/mol. The fourth-order valence-corrected chi connectivity index (χ4v) is 3.92. The van der Waals surface area contributed by atoms with Crippen LogP contribution in [0.4, 0.5) is 0 Å². The van der Waals surface area contributed by atoms with Crippen LogP contribution >= 0.6 is 0 Å². The summed E-state index contributed by atoms with van der Waals surface area (Å²) in [4.78, 5) is 16.5. The molecule has 4 rings (SSSR count). The number of rotatable bonds is 4. The van der Waals surface area contributed by atoms with Gasteiger partial charge in [-0.3, -0.25) is 4.79 Å². The number of hydrogen-bond donors (Lipinski definition) is 2. The summed E-state index contributed by atoms with van der Waals surface area (Å²) in [5.41, 5.74) is 9.53. The quantitative estimate of drug-likeness (QED) is 0.892. The average Bonchev–Trinajstić information content (AvgIpc) is 3.27. The number of amides is 1. The van der Waals surface area contributed by atoms with Crippen molar-refractivity contribution in [3.05, 3.63) is 35.2 Å². The molecule has 132 valence electrons. The van der Waals surface area contributed by atoms with E-state index < -0.39 is 0 Å². The van der Waals surface area contributed by atoms with Gasteiger partial charge < -0.3 is 15.6 Å². The van der Waals surface area contributed by atoms with Crippen molar-refractivity contribution < 1.29 is 9.32 Å². The van der Waals surface area contributed by atoms with Crippen molar-refractivity contribution in [1.82, 2.24) is 15.5 Å². The fourth-order valence-electron chi connectivity index (χ4n) is 3.92. The Morgan fingerprint density at radius 2 is 2.08 bits per heavy atom. The maximum absolute atomic E-state index is 12.1. The Bertz CT molecular complexity index is 765. The molecular weight excluding hydrogens is 316 g/mol. The van der Waals surface area contributed by atoms with Gasteiger partial charge in [0.1, 0.15) is 0 Å². The van der Waals surface area contributed by atoms with Gasteiger partial charge in [-0.25, -0.2) is 0 Å². The molecule has 2 aromatic rings. The van der Waals surface area contributed by atoms with Gasteiger partial charge in [-0.2, -0.15) is 4.98 Å². The molecule has 6 heteroatoms. The molecule has 1 amide bonds. The van der Waals surface area contributed by atoms with Crippen molar-refractivity contribution >= 4 is 5.91 Å². The van der Waals surface area contributed by atoms with Gasteiger partial charge in [0, 0.05) is 17.6 Å². The maximum atomic E-state index is 12.1. The number of carbonyl (C=O) groups is 1. The zero-order chi connectivity index (χ0) is 17.2. The Kier molecular flexibility index (Phi) is 4.53. The molecule has 3 N–H and O–H groups in total. The minimum atomic E-state index is -0.0318. The topological polar surface area (TPSA) is 94.0 Å². The van der Waals surface area contributed by atoms with Crippen LogP contribution in [0.25, 0.3) is 11.5 Å². The summed E-state index contributed by atoms with van der Waals surface area (Å²) in [5.74, 6) is 0.862. The lowest BCUT2D eigenvalue weighted by Gasteiger charge is -2.22. The molecule has 1 heterocycles. The van der Waals surface area contributed by atoms with E-state index in [2.05, 4.69) is 27.6 Å². The number of aromatic nitrogens is 2. The van der Waals surface area contributed by atoms with Crippen molar-refractivity contribution in [3.63, 3.8) is 0 Å². The largest absolute Gasteiger partial charge is 0.353 e. The fraction of sp³-hybridized carbons (Fsp3) is 0.526. The van der Waals surface area contributed by atoms with E-state index in [1.807, 2.05) is 6.07 Å². The highest BCUT2D eigenvalue weighted by Crippen LogP contribution is 2.31. The monoisotopic (exact) mass is 340 g/mol. The summed E-state index contributed by atoms with van der Waals surface area (Å²) >= 11 is 0. The van der Waals surface area contributed by atoms with Crippen LogP contribution in [0.2, 0.25) is 0 Å². The van der Waals surface area contributed by atoms with Gasteiger partial charge in [-0.15, -0.1) is 0 Å². The SMILES string of the molecule is NC1CCCc2cc(-c3nc(CC(=O)NC4CCCC4)no3)ccc21. The van der Waals surface area contributed by atoms with Crippen molar-refractivity contribution in [3.8, 4) is 11.5 Å². The molecule has 0 bridgehead atoms. The first-order chi connectivity index (χ1) is 12.2. The van der Waals surface area contributed by atoms with Crippen LogP contribution in [0, 0.1) is 0 Å². The van der Waals surface area contributed by atoms with E-state index >= 15 is 0 Å². The van der Waals surface area contributed by atoms with E-state index in [0.29, 0.717) is 17.8 Å². The Balaban J connectivity index is 1.45. The molecule has 25 heavy (non-hydrogen) atoms. The van der Waals surface area contributed by atoms with Gasteiger partial charge in [0.15, 0.2) is 5.82 Å². The van der Waals surface area contributed by atoms with Gasteiger partial charge in [0.25, 0.3) is 5.89 Å². The molecule has 0 saturated heterocycles. The second-order valence-electron chi connectivity index (χ2n) is 7.15. The van der Waals surface area contributed by atoms with Gasteiger partial charge in [0.2, 0.25) is 5.91 Å². The van der Waals surface area contributed by atoms with E-state index in [0.717, 1.165) is 37.7 Å². The number of fused-ring (bicyclic) bond motifs is 1. The second-order valence-corrected chi connectivity index (χ2v) is 7.15. The molecule has 2 aliphatic rings. The van der Waals surface area contributed by atoms with E-state index in [9.17, 15) is 4.79 Å². The van der Waals surface area contributed by atoms with Crippen molar-refractivity contribution in [1.29, 1.82) is 0 Å². The van der Waals surface area contributed by atoms with Crippen LogP contribution in [0.3, 0.4) is 0 Å². The van der Waals surface area contributed by atoms with E-state index in [1.165, 1.54) is 24.0 Å². The van der Waals surface area contributed by atoms with Gasteiger partial charge in [-0.1, -0.05) is 24.1 Å². The minimum absolute atomic E-state index is 0.0318. The number of nitrogens with zero attached hydrogens (tertiary/aromatic N) is 2. The Hall–Kier alpha value is -2.21. The van der Waals surface area contributed by atoms with Gasteiger partial charge >= 0.3 is 0 Å². The van der Waals surface area contributed by atoms with Crippen LogP contribution in [-0.2, 0) is 17.6 Å². The molecule has 1 unspecified atom stereocenters. The summed E-state index contributed by atoms with van der Waals surface area (Å²) in [6, 6.07) is 6.55. The molecule has 1 aromatic heterocycles. The standard InChI is InChI=1S/C19H24N4O2/c20-16-7-3-4-12-10-13(8-9-15(12)16)19-22-17(23-25-19)11-18(24)21-14-5-1-2-6-14/h8-10,14,16H,1-7,11,20H2,(H,21,24). The number of nitrogens with one attached hydrogen (secondary N) is 1. The van der Waals surface area contributed by atoms with E-state index in [4.69, 9.17) is 10.3 Å². The van der Waals surface area contributed by atoms with Crippen LogP contribution in [0.15, 0.2) is 22.7 Å². The van der Waals surface area contributed by atoms with E-state index in [1.54, 1.807) is 0 Å². The molecule has 1 fully saturated rings. The summed E-state index contributed by atoms with van der Waals surface area (Å²) in [6.45, 7) is 0. The first kappa shape index (κ1) is 16.3. The smallest absolute Gasteiger partial charge is 0.257 e. The molecule has 2 aliphatic carbocycles. The number of benzene rings is 1. The van der Waals surface area contributed by atoms with Gasteiger partial charge in [0.05, 0.1) is 6.42 Å². The van der Waals surface area contributed by atoms with Crippen LogP contribution in [0.5, 0.6) is 0 Å².